The fraction of sp³-hybridized carbons (Fsp3) is 0.333. The highest BCUT2D eigenvalue weighted by atomic mass is 19.1. The molecule has 1 aromatic heterocycles. The third kappa shape index (κ3) is 2.51. The van der Waals surface area contributed by atoms with Crippen molar-refractivity contribution in [3.8, 4) is 11.3 Å². The molecule has 0 unspecified atom stereocenters. The number of aliphatic hydroxyl groups excluding tert-OH is 1. The highest BCUT2D eigenvalue weighted by molar-refractivity contribution is 5.57. The summed E-state index contributed by atoms with van der Waals surface area (Å²) in [6, 6.07) is 14.3. The molecule has 3 aromatic rings. The van der Waals surface area contributed by atoms with Crippen molar-refractivity contribution >= 4 is 0 Å². The third-order valence-electron chi connectivity index (χ3n) is 6.09. The van der Waals surface area contributed by atoms with Crippen LogP contribution in [0.25, 0.3) is 11.3 Å². The number of nitrogens with one attached hydrogen (secondary N) is 1. The summed E-state index contributed by atoms with van der Waals surface area (Å²) in [7, 11) is 0. The van der Waals surface area contributed by atoms with Crippen LogP contribution < -0.4 is 5.32 Å². The van der Waals surface area contributed by atoms with E-state index < -0.39 is 6.10 Å². The standard InChI is InChI=1S/C21H21FN4O/c22-15-5-3-4-14(12-15)18-13-26(25-24-18)19-16-6-1-2-7-17(16)21(20(19)27)8-10-23-11-9-21/h1-7,12-13,19-20,23,27H,8-11H2/t19-,20+/m0/s1. The van der Waals surface area contributed by atoms with Crippen molar-refractivity contribution in [1.82, 2.24) is 20.3 Å². The monoisotopic (exact) mass is 364 g/mol. The Morgan fingerprint density at radius 1 is 1.11 bits per heavy atom. The average Bonchev–Trinajstić information content (AvgIpc) is 3.26. The molecular weight excluding hydrogens is 343 g/mol. The van der Waals surface area contributed by atoms with Crippen LogP contribution >= 0.6 is 0 Å². The van der Waals surface area contributed by atoms with Crippen molar-refractivity contribution in [2.75, 3.05) is 13.1 Å². The molecule has 0 radical (unpaired) electrons. The number of rotatable bonds is 2. The van der Waals surface area contributed by atoms with Gasteiger partial charge in [0, 0.05) is 11.0 Å². The van der Waals surface area contributed by atoms with Crippen molar-refractivity contribution in [2.45, 2.75) is 30.4 Å². The lowest BCUT2D eigenvalue weighted by Gasteiger charge is -2.38. The first kappa shape index (κ1) is 16.6. The van der Waals surface area contributed by atoms with Gasteiger partial charge in [-0.05, 0) is 49.2 Å². The van der Waals surface area contributed by atoms with Gasteiger partial charge in [0.05, 0.1) is 12.3 Å². The minimum atomic E-state index is -0.570. The average molecular weight is 364 g/mol. The highest BCUT2D eigenvalue weighted by Crippen LogP contribution is 2.51. The number of aromatic nitrogens is 3. The molecule has 1 aliphatic carbocycles. The predicted molar refractivity (Wildman–Crippen MR) is 99.8 cm³/mol. The summed E-state index contributed by atoms with van der Waals surface area (Å²) in [4.78, 5) is 0. The molecule has 0 bridgehead atoms. The van der Waals surface area contributed by atoms with Gasteiger partial charge in [0.25, 0.3) is 0 Å². The van der Waals surface area contributed by atoms with Crippen molar-refractivity contribution in [1.29, 1.82) is 0 Å². The van der Waals surface area contributed by atoms with Crippen LogP contribution in [0.4, 0.5) is 4.39 Å². The lowest BCUT2D eigenvalue weighted by molar-refractivity contribution is 0.0421. The zero-order valence-corrected chi connectivity index (χ0v) is 14.8. The summed E-state index contributed by atoms with van der Waals surface area (Å²) in [5.74, 6) is -0.304. The molecule has 2 aromatic carbocycles. The van der Waals surface area contributed by atoms with Gasteiger partial charge in [0.2, 0.25) is 0 Å². The first-order valence-electron chi connectivity index (χ1n) is 9.35. The molecule has 1 fully saturated rings. The molecule has 138 valence electrons. The number of nitrogens with zero attached hydrogens (tertiary/aromatic N) is 3. The first-order chi connectivity index (χ1) is 13.2. The van der Waals surface area contributed by atoms with Gasteiger partial charge in [-0.15, -0.1) is 5.10 Å². The lowest BCUT2D eigenvalue weighted by Crippen LogP contribution is -2.47. The van der Waals surface area contributed by atoms with Gasteiger partial charge in [-0.25, -0.2) is 9.07 Å². The molecule has 2 atom stereocenters. The van der Waals surface area contributed by atoms with Gasteiger partial charge in [0.1, 0.15) is 17.6 Å². The van der Waals surface area contributed by atoms with Crippen LogP contribution in [0.15, 0.2) is 54.7 Å². The second-order valence-corrected chi connectivity index (χ2v) is 7.48. The van der Waals surface area contributed by atoms with E-state index in [0.717, 1.165) is 31.5 Å². The summed E-state index contributed by atoms with van der Waals surface area (Å²) < 4.78 is 15.3. The van der Waals surface area contributed by atoms with Crippen molar-refractivity contribution in [3.63, 3.8) is 0 Å². The van der Waals surface area contributed by atoms with Crippen LogP contribution in [0.3, 0.4) is 0 Å². The van der Waals surface area contributed by atoms with E-state index >= 15 is 0 Å². The Morgan fingerprint density at radius 2 is 1.93 bits per heavy atom. The Labute approximate surface area is 156 Å². The second kappa shape index (κ2) is 6.25. The summed E-state index contributed by atoms with van der Waals surface area (Å²) in [6.45, 7) is 1.79. The number of piperidine rings is 1. The van der Waals surface area contributed by atoms with Crippen molar-refractivity contribution in [3.05, 3.63) is 71.7 Å². The van der Waals surface area contributed by atoms with E-state index in [1.807, 2.05) is 18.2 Å². The number of fused-ring (bicyclic) bond motifs is 2. The van der Waals surface area contributed by atoms with E-state index in [4.69, 9.17) is 0 Å². The molecule has 0 saturated carbocycles. The number of hydrogen-bond donors (Lipinski definition) is 2. The normalized spacial score (nSPS) is 23.5. The fourth-order valence-electron chi connectivity index (χ4n) is 4.76. The molecule has 1 aliphatic heterocycles. The van der Waals surface area contributed by atoms with Crippen LogP contribution in [0, 0.1) is 5.82 Å². The molecule has 1 saturated heterocycles. The minimum absolute atomic E-state index is 0.253. The second-order valence-electron chi connectivity index (χ2n) is 7.48. The van der Waals surface area contributed by atoms with Crippen LogP contribution in [0.2, 0.25) is 0 Å². The highest BCUT2D eigenvalue weighted by Gasteiger charge is 2.52. The molecule has 2 aliphatic rings. The van der Waals surface area contributed by atoms with Gasteiger partial charge in [-0.1, -0.05) is 41.6 Å². The summed E-state index contributed by atoms with van der Waals surface area (Å²) in [5, 5.41) is 23.3. The molecule has 2 heterocycles. The van der Waals surface area contributed by atoms with Crippen LogP contribution in [-0.2, 0) is 5.41 Å². The van der Waals surface area contributed by atoms with Crippen molar-refractivity contribution < 1.29 is 9.50 Å². The van der Waals surface area contributed by atoms with E-state index in [2.05, 4.69) is 27.8 Å². The molecule has 5 rings (SSSR count). The third-order valence-corrected chi connectivity index (χ3v) is 6.09. The SMILES string of the molecule is O[C@@H]1[C@@H](n2cc(-c3cccc(F)c3)nn2)c2ccccc2C12CCNCC2. The Balaban J connectivity index is 1.58. The number of aliphatic hydroxyl groups is 1. The van der Waals surface area contributed by atoms with E-state index in [-0.39, 0.29) is 17.3 Å². The van der Waals surface area contributed by atoms with Gasteiger partial charge in [-0.2, -0.15) is 0 Å². The van der Waals surface area contributed by atoms with E-state index in [9.17, 15) is 9.50 Å². The number of benzene rings is 2. The predicted octanol–water partition coefficient (Wildman–Crippen LogP) is 2.67. The Bertz CT molecular complexity index is 980. The van der Waals surface area contributed by atoms with Gasteiger partial charge < -0.3 is 10.4 Å². The number of hydrogen-bond acceptors (Lipinski definition) is 4. The Morgan fingerprint density at radius 3 is 2.74 bits per heavy atom. The first-order valence-corrected chi connectivity index (χ1v) is 9.35. The molecule has 0 amide bonds. The lowest BCUT2D eigenvalue weighted by atomic mass is 9.72. The van der Waals surface area contributed by atoms with Gasteiger partial charge in [0.15, 0.2) is 0 Å². The summed E-state index contributed by atoms with van der Waals surface area (Å²) in [6.07, 6.45) is 3.03. The Kier molecular flexibility index (Phi) is 3.84. The van der Waals surface area contributed by atoms with Crippen LogP contribution in [-0.4, -0.2) is 39.3 Å². The van der Waals surface area contributed by atoms with Gasteiger partial charge in [-0.3, -0.25) is 0 Å². The van der Waals surface area contributed by atoms with E-state index in [1.54, 1.807) is 16.9 Å². The maximum absolute atomic E-state index is 13.6. The largest absolute Gasteiger partial charge is 0.390 e. The fourth-order valence-corrected chi connectivity index (χ4v) is 4.76. The zero-order chi connectivity index (χ0) is 18.4. The summed E-state index contributed by atoms with van der Waals surface area (Å²) in [5.41, 5.74) is 3.34. The van der Waals surface area contributed by atoms with E-state index in [1.165, 1.54) is 17.7 Å². The zero-order valence-electron chi connectivity index (χ0n) is 14.8. The van der Waals surface area contributed by atoms with Crippen LogP contribution in [0.1, 0.15) is 30.0 Å². The van der Waals surface area contributed by atoms with Crippen LogP contribution in [0.5, 0.6) is 0 Å². The molecule has 5 nitrogen and oxygen atoms in total. The van der Waals surface area contributed by atoms with Crippen molar-refractivity contribution in [2.24, 2.45) is 0 Å². The molecule has 2 N–H and O–H groups in total. The molecule has 27 heavy (non-hydrogen) atoms. The molecule has 6 heteroatoms. The molecular formula is C21H21FN4O. The quantitative estimate of drug-likeness (QED) is 0.734. The summed E-state index contributed by atoms with van der Waals surface area (Å²) >= 11 is 0. The smallest absolute Gasteiger partial charge is 0.123 e. The number of halogens is 1. The van der Waals surface area contributed by atoms with Gasteiger partial charge >= 0.3 is 0 Å². The minimum Gasteiger partial charge on any atom is -0.390 e. The van der Waals surface area contributed by atoms with E-state index in [0.29, 0.717) is 11.3 Å². The molecule has 1 spiro atoms. The topological polar surface area (TPSA) is 63.0 Å². The Hall–Kier alpha value is -2.57. The maximum Gasteiger partial charge on any atom is 0.123 e. The maximum atomic E-state index is 13.6.